The van der Waals surface area contributed by atoms with Gasteiger partial charge in [0.15, 0.2) is 0 Å². The molecule has 1 amide bonds. The Labute approximate surface area is 125 Å². The van der Waals surface area contributed by atoms with Gasteiger partial charge in [0, 0.05) is 13.1 Å². The number of rotatable bonds is 2. The van der Waals surface area contributed by atoms with Gasteiger partial charge < -0.3 is 9.64 Å². The fourth-order valence-electron chi connectivity index (χ4n) is 2.36. The van der Waals surface area contributed by atoms with Gasteiger partial charge in [0.25, 0.3) is 5.91 Å². The summed E-state index contributed by atoms with van der Waals surface area (Å²) in [6, 6.07) is 4.35. The summed E-state index contributed by atoms with van der Waals surface area (Å²) in [7, 11) is 1.34. The van der Waals surface area contributed by atoms with Gasteiger partial charge in [0.05, 0.1) is 23.1 Å². The summed E-state index contributed by atoms with van der Waals surface area (Å²) in [5.41, 5.74) is 0.274. The average Bonchev–Trinajstić information content (AvgIpc) is 2.48. The van der Waals surface area contributed by atoms with E-state index in [0.29, 0.717) is 19.5 Å². The third-order valence-corrected chi connectivity index (χ3v) is 4.23. The first kappa shape index (κ1) is 15.0. The normalized spacial score (nSPS) is 18.8. The van der Waals surface area contributed by atoms with Gasteiger partial charge in [-0.3, -0.25) is 9.59 Å². The van der Waals surface area contributed by atoms with Gasteiger partial charge in [-0.05, 0) is 40.9 Å². The van der Waals surface area contributed by atoms with Crippen LogP contribution >= 0.6 is 15.9 Å². The van der Waals surface area contributed by atoms with Crippen LogP contribution in [0, 0.1) is 11.7 Å². The third-order valence-electron chi connectivity index (χ3n) is 3.43. The summed E-state index contributed by atoms with van der Waals surface area (Å²) in [4.78, 5) is 25.5. The van der Waals surface area contributed by atoms with E-state index in [1.54, 1.807) is 11.0 Å². The van der Waals surface area contributed by atoms with Gasteiger partial charge >= 0.3 is 5.97 Å². The SMILES string of the molecule is COC(=O)C1CCCN(C(=O)c2cccc(F)c2Br)C1. The zero-order valence-electron chi connectivity index (χ0n) is 11.1. The Morgan fingerprint density at radius 3 is 2.90 bits per heavy atom. The number of amides is 1. The number of carbonyl (C=O) groups is 2. The van der Waals surface area contributed by atoms with E-state index in [9.17, 15) is 14.0 Å². The number of methoxy groups -OCH3 is 1. The van der Waals surface area contributed by atoms with Crippen LogP contribution < -0.4 is 0 Å². The van der Waals surface area contributed by atoms with Crippen LogP contribution in [-0.4, -0.2) is 37.0 Å². The lowest BCUT2D eigenvalue weighted by molar-refractivity contribution is -0.146. The number of nitrogens with zero attached hydrogens (tertiary/aromatic N) is 1. The maximum absolute atomic E-state index is 13.5. The van der Waals surface area contributed by atoms with Crippen LogP contribution in [0.3, 0.4) is 0 Å². The first-order valence-corrected chi connectivity index (χ1v) is 7.15. The van der Waals surface area contributed by atoms with E-state index >= 15 is 0 Å². The maximum atomic E-state index is 13.5. The molecule has 108 valence electrons. The zero-order valence-corrected chi connectivity index (χ0v) is 12.7. The van der Waals surface area contributed by atoms with Crippen molar-refractivity contribution >= 4 is 27.8 Å². The lowest BCUT2D eigenvalue weighted by Gasteiger charge is -2.31. The second kappa shape index (κ2) is 6.35. The largest absolute Gasteiger partial charge is 0.469 e. The molecule has 0 bridgehead atoms. The molecule has 0 aliphatic carbocycles. The van der Waals surface area contributed by atoms with E-state index in [-0.39, 0.29) is 27.8 Å². The molecule has 0 radical (unpaired) electrons. The first-order valence-electron chi connectivity index (χ1n) is 6.35. The fraction of sp³-hybridized carbons (Fsp3) is 0.429. The molecule has 1 aromatic rings. The highest BCUT2D eigenvalue weighted by Gasteiger charge is 2.30. The number of piperidine rings is 1. The van der Waals surface area contributed by atoms with E-state index < -0.39 is 5.82 Å². The highest BCUT2D eigenvalue weighted by molar-refractivity contribution is 9.10. The summed E-state index contributed by atoms with van der Waals surface area (Å²) in [6.07, 6.45) is 1.44. The summed E-state index contributed by atoms with van der Waals surface area (Å²) in [5.74, 6) is -1.35. The van der Waals surface area contributed by atoms with E-state index in [0.717, 1.165) is 6.42 Å². The molecule has 0 spiro atoms. The number of halogens is 2. The Morgan fingerprint density at radius 2 is 2.20 bits per heavy atom. The Morgan fingerprint density at radius 1 is 1.45 bits per heavy atom. The molecule has 1 saturated heterocycles. The molecular formula is C14H15BrFNO3. The van der Waals surface area contributed by atoms with Crippen LogP contribution in [0.5, 0.6) is 0 Å². The molecule has 1 aromatic carbocycles. The molecular weight excluding hydrogens is 329 g/mol. The number of hydrogen-bond acceptors (Lipinski definition) is 3. The summed E-state index contributed by atoms with van der Waals surface area (Å²) >= 11 is 3.09. The predicted octanol–water partition coefficient (Wildman–Crippen LogP) is 2.61. The number of likely N-dealkylation sites (tertiary alicyclic amines) is 1. The lowest BCUT2D eigenvalue weighted by atomic mass is 9.97. The fourth-order valence-corrected chi connectivity index (χ4v) is 2.79. The second-order valence-corrected chi connectivity index (χ2v) is 5.51. The van der Waals surface area contributed by atoms with E-state index in [2.05, 4.69) is 15.9 Å². The molecule has 20 heavy (non-hydrogen) atoms. The number of carbonyl (C=O) groups excluding carboxylic acids is 2. The Kier molecular flexibility index (Phi) is 4.75. The molecule has 1 heterocycles. The lowest BCUT2D eigenvalue weighted by Crippen LogP contribution is -2.42. The predicted molar refractivity (Wildman–Crippen MR) is 74.7 cm³/mol. The van der Waals surface area contributed by atoms with Crippen LogP contribution in [0.1, 0.15) is 23.2 Å². The molecule has 0 saturated carbocycles. The minimum Gasteiger partial charge on any atom is -0.469 e. The van der Waals surface area contributed by atoms with E-state index in [4.69, 9.17) is 4.74 Å². The molecule has 1 atom stereocenters. The number of ether oxygens (including phenoxy) is 1. The average molecular weight is 344 g/mol. The van der Waals surface area contributed by atoms with Gasteiger partial charge in [-0.1, -0.05) is 6.07 Å². The van der Waals surface area contributed by atoms with Crippen molar-refractivity contribution < 1.29 is 18.7 Å². The van der Waals surface area contributed by atoms with Crippen molar-refractivity contribution in [2.75, 3.05) is 20.2 Å². The summed E-state index contributed by atoms with van der Waals surface area (Å²) in [5, 5.41) is 0. The Balaban J connectivity index is 2.16. The summed E-state index contributed by atoms with van der Waals surface area (Å²) < 4.78 is 18.4. The van der Waals surface area contributed by atoms with Gasteiger partial charge in [-0.15, -0.1) is 0 Å². The second-order valence-electron chi connectivity index (χ2n) is 4.71. The minimum absolute atomic E-state index is 0.158. The molecule has 1 aliphatic rings. The van der Waals surface area contributed by atoms with Crippen molar-refractivity contribution in [2.45, 2.75) is 12.8 Å². The topological polar surface area (TPSA) is 46.6 Å². The Hall–Kier alpha value is -1.43. The minimum atomic E-state index is -0.475. The molecule has 1 aliphatic heterocycles. The van der Waals surface area contributed by atoms with E-state index in [1.165, 1.54) is 19.2 Å². The number of hydrogen-bond donors (Lipinski definition) is 0. The van der Waals surface area contributed by atoms with Gasteiger partial charge in [0.1, 0.15) is 5.82 Å². The summed E-state index contributed by atoms with van der Waals surface area (Å²) in [6.45, 7) is 0.879. The van der Waals surface area contributed by atoms with Crippen LogP contribution in [-0.2, 0) is 9.53 Å². The van der Waals surface area contributed by atoms with E-state index in [1.807, 2.05) is 0 Å². The quantitative estimate of drug-likeness (QED) is 0.775. The van der Waals surface area contributed by atoms with Crippen LogP contribution in [0.25, 0.3) is 0 Å². The molecule has 6 heteroatoms. The van der Waals surface area contributed by atoms with Crippen LogP contribution in [0.15, 0.2) is 22.7 Å². The van der Waals surface area contributed by atoms with Crippen molar-refractivity contribution in [1.29, 1.82) is 0 Å². The molecule has 4 nitrogen and oxygen atoms in total. The van der Waals surface area contributed by atoms with Crippen molar-refractivity contribution in [3.05, 3.63) is 34.1 Å². The molecule has 0 N–H and O–H groups in total. The molecule has 2 rings (SSSR count). The highest BCUT2D eigenvalue weighted by Crippen LogP contribution is 2.25. The maximum Gasteiger partial charge on any atom is 0.310 e. The van der Waals surface area contributed by atoms with Crippen molar-refractivity contribution in [3.63, 3.8) is 0 Å². The smallest absolute Gasteiger partial charge is 0.310 e. The van der Waals surface area contributed by atoms with Crippen LogP contribution in [0.2, 0.25) is 0 Å². The monoisotopic (exact) mass is 343 g/mol. The van der Waals surface area contributed by atoms with Crippen molar-refractivity contribution in [1.82, 2.24) is 4.90 Å². The third kappa shape index (κ3) is 3.00. The standard InChI is InChI=1S/C14H15BrFNO3/c1-20-14(19)9-4-3-7-17(8-9)13(18)10-5-2-6-11(16)12(10)15/h2,5-6,9H,3-4,7-8H2,1H3. The first-order chi connectivity index (χ1) is 9.54. The Bertz CT molecular complexity index is 535. The zero-order chi connectivity index (χ0) is 14.7. The molecule has 0 aromatic heterocycles. The molecule has 1 unspecified atom stereocenters. The van der Waals surface area contributed by atoms with Gasteiger partial charge in [-0.2, -0.15) is 0 Å². The number of esters is 1. The van der Waals surface area contributed by atoms with Crippen molar-refractivity contribution in [2.24, 2.45) is 5.92 Å². The number of benzene rings is 1. The highest BCUT2D eigenvalue weighted by atomic mass is 79.9. The van der Waals surface area contributed by atoms with Crippen LogP contribution in [0.4, 0.5) is 4.39 Å². The van der Waals surface area contributed by atoms with Gasteiger partial charge in [-0.25, -0.2) is 4.39 Å². The molecule has 1 fully saturated rings. The van der Waals surface area contributed by atoms with Crippen molar-refractivity contribution in [3.8, 4) is 0 Å². The van der Waals surface area contributed by atoms with Gasteiger partial charge in [0.2, 0.25) is 0 Å².